The van der Waals surface area contributed by atoms with Crippen LogP contribution in [0.5, 0.6) is 0 Å². The fourth-order valence-electron chi connectivity index (χ4n) is 2.66. The quantitative estimate of drug-likeness (QED) is 0.523. The highest BCUT2D eigenvalue weighted by atomic mass is 127. The summed E-state index contributed by atoms with van der Waals surface area (Å²) >= 11 is 2.48. The predicted molar refractivity (Wildman–Crippen MR) is 87.7 cm³/mol. The van der Waals surface area contributed by atoms with Gasteiger partial charge in [-0.1, -0.05) is 59.3 Å². The van der Waals surface area contributed by atoms with E-state index in [-0.39, 0.29) is 0 Å². The summed E-state index contributed by atoms with van der Waals surface area (Å²) in [6, 6.07) is 9.21. The van der Waals surface area contributed by atoms with Crippen molar-refractivity contribution in [3.8, 4) is 0 Å². The first-order valence-corrected chi connectivity index (χ1v) is 8.58. The summed E-state index contributed by atoms with van der Waals surface area (Å²) < 4.78 is 1.24. The van der Waals surface area contributed by atoms with Crippen LogP contribution in [-0.4, -0.2) is 29.0 Å². The van der Waals surface area contributed by atoms with E-state index in [0.717, 1.165) is 0 Å². The number of alkyl halides is 1. The Morgan fingerprint density at radius 3 is 2.33 bits per heavy atom. The van der Waals surface area contributed by atoms with Crippen LogP contribution in [0.1, 0.15) is 37.3 Å². The minimum atomic E-state index is 0.520. The lowest BCUT2D eigenvalue weighted by Gasteiger charge is -2.23. The lowest BCUT2D eigenvalue weighted by molar-refractivity contribution is 0.290. The summed E-state index contributed by atoms with van der Waals surface area (Å²) in [5.74, 6) is 0. The number of benzene rings is 1. The maximum Gasteiger partial charge on any atom is 0.0123 e. The molecule has 2 rings (SSSR count). The van der Waals surface area contributed by atoms with Crippen LogP contribution in [0.3, 0.4) is 0 Å². The third kappa shape index (κ3) is 3.47. The molecule has 0 amide bonds. The van der Waals surface area contributed by atoms with Crippen molar-refractivity contribution in [3.05, 3.63) is 35.4 Å². The number of nitrogens with zero attached hydrogens (tertiary/aromatic N) is 1. The minimum Gasteiger partial charge on any atom is -0.303 e. The molecule has 1 saturated carbocycles. The second kappa shape index (κ2) is 6.38. The Kier molecular flexibility index (Phi) is 5.07. The molecule has 0 radical (unpaired) electrons. The van der Waals surface area contributed by atoms with Crippen LogP contribution >= 0.6 is 22.6 Å². The predicted octanol–water partition coefficient (Wildman–Crippen LogP) is 4.17. The Morgan fingerprint density at radius 1 is 1.17 bits per heavy atom. The second-order valence-electron chi connectivity index (χ2n) is 5.52. The summed E-state index contributed by atoms with van der Waals surface area (Å²) in [5.41, 5.74) is 3.46. The Hall–Kier alpha value is -0.0900. The molecule has 0 spiro atoms. The SMILES string of the molecule is CCN(CCI)CCC1(c2ccc(C)cc2)CC1. The topological polar surface area (TPSA) is 3.24 Å². The first-order valence-electron chi connectivity index (χ1n) is 7.06. The first kappa shape index (κ1) is 14.3. The van der Waals surface area contributed by atoms with Crippen molar-refractivity contribution in [2.45, 2.75) is 38.5 Å². The zero-order valence-electron chi connectivity index (χ0n) is 11.6. The molecule has 1 fully saturated rings. The number of rotatable bonds is 7. The zero-order chi connectivity index (χ0) is 13.0. The number of hydrogen-bond donors (Lipinski definition) is 0. The molecule has 100 valence electrons. The third-order valence-electron chi connectivity index (χ3n) is 4.27. The molecule has 0 aromatic heterocycles. The average molecular weight is 357 g/mol. The fraction of sp³-hybridized carbons (Fsp3) is 0.625. The van der Waals surface area contributed by atoms with Crippen LogP contribution in [0.2, 0.25) is 0 Å². The van der Waals surface area contributed by atoms with Crippen molar-refractivity contribution in [1.29, 1.82) is 0 Å². The molecule has 0 saturated heterocycles. The van der Waals surface area contributed by atoms with Gasteiger partial charge in [0.1, 0.15) is 0 Å². The molecule has 1 nitrogen and oxygen atoms in total. The molecular weight excluding hydrogens is 333 g/mol. The molecule has 1 aromatic carbocycles. The van der Waals surface area contributed by atoms with Gasteiger partial charge in [0, 0.05) is 11.0 Å². The van der Waals surface area contributed by atoms with Gasteiger partial charge < -0.3 is 4.90 Å². The lowest BCUT2D eigenvalue weighted by atomic mass is 9.91. The van der Waals surface area contributed by atoms with Gasteiger partial charge in [-0.3, -0.25) is 0 Å². The van der Waals surface area contributed by atoms with Crippen LogP contribution in [0.15, 0.2) is 24.3 Å². The molecule has 1 aliphatic rings. The van der Waals surface area contributed by atoms with E-state index >= 15 is 0 Å². The highest BCUT2D eigenvalue weighted by molar-refractivity contribution is 14.1. The Balaban J connectivity index is 1.94. The second-order valence-corrected chi connectivity index (χ2v) is 6.60. The molecule has 0 atom stereocenters. The minimum absolute atomic E-state index is 0.520. The lowest BCUT2D eigenvalue weighted by Crippen LogP contribution is -2.29. The van der Waals surface area contributed by atoms with Crippen LogP contribution < -0.4 is 0 Å². The zero-order valence-corrected chi connectivity index (χ0v) is 13.7. The molecule has 0 heterocycles. The van der Waals surface area contributed by atoms with Crippen LogP contribution in [0.25, 0.3) is 0 Å². The first-order chi connectivity index (χ1) is 8.70. The smallest absolute Gasteiger partial charge is 0.0123 e. The maximum absolute atomic E-state index is 2.58. The standard InChI is InChI=1S/C16H24IN/c1-3-18(13-11-17)12-10-16(8-9-16)15-6-4-14(2)5-7-15/h4-7H,3,8-13H2,1-2H3. The molecule has 2 heteroatoms. The molecule has 0 aliphatic heterocycles. The van der Waals surface area contributed by atoms with E-state index < -0.39 is 0 Å². The summed E-state index contributed by atoms with van der Waals surface area (Å²) in [6.45, 7) is 8.13. The monoisotopic (exact) mass is 357 g/mol. The van der Waals surface area contributed by atoms with E-state index in [0.29, 0.717) is 5.41 Å². The molecule has 1 aromatic rings. The van der Waals surface area contributed by atoms with Crippen molar-refractivity contribution in [1.82, 2.24) is 4.90 Å². The van der Waals surface area contributed by atoms with Gasteiger partial charge in [0.25, 0.3) is 0 Å². The Bertz CT molecular complexity index is 367. The third-order valence-corrected chi connectivity index (χ3v) is 4.75. The summed E-state index contributed by atoms with van der Waals surface area (Å²) in [6.07, 6.45) is 4.11. The molecule has 0 unspecified atom stereocenters. The van der Waals surface area contributed by atoms with Gasteiger partial charge in [0.2, 0.25) is 0 Å². The Morgan fingerprint density at radius 2 is 1.83 bits per heavy atom. The van der Waals surface area contributed by atoms with Gasteiger partial charge in [-0.2, -0.15) is 0 Å². The largest absolute Gasteiger partial charge is 0.303 e. The number of aryl methyl sites for hydroxylation is 1. The maximum atomic E-state index is 2.58. The highest BCUT2D eigenvalue weighted by Crippen LogP contribution is 2.51. The summed E-state index contributed by atoms with van der Waals surface area (Å²) in [7, 11) is 0. The van der Waals surface area contributed by atoms with Crippen molar-refractivity contribution in [2.75, 3.05) is 24.1 Å². The highest BCUT2D eigenvalue weighted by Gasteiger charge is 2.43. The van der Waals surface area contributed by atoms with Gasteiger partial charge in [0.05, 0.1) is 0 Å². The molecule has 0 N–H and O–H groups in total. The van der Waals surface area contributed by atoms with Crippen LogP contribution in [0, 0.1) is 6.92 Å². The Labute approximate surface area is 125 Å². The number of halogens is 1. The van der Waals surface area contributed by atoms with Gasteiger partial charge in [-0.05, 0) is 50.3 Å². The van der Waals surface area contributed by atoms with E-state index in [4.69, 9.17) is 0 Å². The normalized spacial score (nSPS) is 17.1. The fourth-order valence-corrected chi connectivity index (χ4v) is 3.34. The molecule has 1 aliphatic carbocycles. The van der Waals surface area contributed by atoms with Gasteiger partial charge in [0.15, 0.2) is 0 Å². The molecule has 18 heavy (non-hydrogen) atoms. The van der Waals surface area contributed by atoms with Crippen molar-refractivity contribution in [3.63, 3.8) is 0 Å². The molecular formula is C16H24IN. The van der Waals surface area contributed by atoms with E-state index in [1.165, 1.54) is 48.9 Å². The summed E-state index contributed by atoms with van der Waals surface area (Å²) in [4.78, 5) is 2.58. The van der Waals surface area contributed by atoms with Gasteiger partial charge in [-0.15, -0.1) is 0 Å². The summed E-state index contributed by atoms with van der Waals surface area (Å²) in [5, 5.41) is 0. The van der Waals surface area contributed by atoms with Gasteiger partial charge >= 0.3 is 0 Å². The van der Waals surface area contributed by atoms with E-state index in [2.05, 4.69) is 65.6 Å². The van der Waals surface area contributed by atoms with Crippen molar-refractivity contribution in [2.24, 2.45) is 0 Å². The van der Waals surface area contributed by atoms with Crippen LogP contribution in [-0.2, 0) is 5.41 Å². The number of hydrogen-bond acceptors (Lipinski definition) is 1. The van der Waals surface area contributed by atoms with Crippen LogP contribution in [0.4, 0.5) is 0 Å². The molecule has 0 bridgehead atoms. The van der Waals surface area contributed by atoms with E-state index in [1.54, 1.807) is 5.56 Å². The average Bonchev–Trinajstić information content (AvgIpc) is 3.16. The van der Waals surface area contributed by atoms with Crippen molar-refractivity contribution < 1.29 is 0 Å². The van der Waals surface area contributed by atoms with E-state index in [9.17, 15) is 0 Å². The van der Waals surface area contributed by atoms with Crippen molar-refractivity contribution >= 4 is 22.6 Å². The van der Waals surface area contributed by atoms with Gasteiger partial charge in [-0.25, -0.2) is 0 Å². The van der Waals surface area contributed by atoms with E-state index in [1.807, 2.05) is 0 Å².